The van der Waals surface area contributed by atoms with Gasteiger partial charge in [0.25, 0.3) is 0 Å². The Kier molecular flexibility index (Phi) is 3.75. The van der Waals surface area contributed by atoms with Crippen molar-refractivity contribution in [1.82, 2.24) is 4.90 Å². The average Bonchev–Trinajstić information content (AvgIpc) is 2.20. The lowest BCUT2D eigenvalue weighted by Gasteiger charge is -2.35. The highest BCUT2D eigenvalue weighted by Gasteiger charge is 2.33. The molecular formula is C12H12F2N2O3. The van der Waals surface area contributed by atoms with Crippen molar-refractivity contribution < 1.29 is 23.5 Å². The monoisotopic (exact) mass is 270 g/mol. The lowest BCUT2D eigenvalue weighted by Crippen LogP contribution is -2.52. The van der Waals surface area contributed by atoms with E-state index in [1.165, 1.54) is 0 Å². The SMILES string of the molecule is O=C(CN1CC(C(=O)O)C1)Nc1cc(F)cc(F)c1. The van der Waals surface area contributed by atoms with Crippen LogP contribution < -0.4 is 5.32 Å². The van der Waals surface area contributed by atoms with Crippen molar-refractivity contribution in [1.29, 1.82) is 0 Å². The van der Waals surface area contributed by atoms with Crippen LogP contribution in [0.1, 0.15) is 0 Å². The van der Waals surface area contributed by atoms with E-state index in [0.29, 0.717) is 19.2 Å². The van der Waals surface area contributed by atoms with Gasteiger partial charge in [-0.25, -0.2) is 8.78 Å². The number of nitrogens with one attached hydrogen (secondary N) is 1. The van der Waals surface area contributed by atoms with Crippen molar-refractivity contribution in [3.05, 3.63) is 29.8 Å². The van der Waals surface area contributed by atoms with Crippen LogP contribution in [0.5, 0.6) is 0 Å². The lowest BCUT2D eigenvalue weighted by molar-refractivity contribution is -0.148. The van der Waals surface area contributed by atoms with Crippen molar-refractivity contribution >= 4 is 17.6 Å². The van der Waals surface area contributed by atoms with Crippen molar-refractivity contribution in [2.24, 2.45) is 5.92 Å². The number of halogens is 2. The number of anilines is 1. The highest BCUT2D eigenvalue weighted by Crippen LogP contribution is 2.16. The molecule has 0 aromatic heterocycles. The van der Waals surface area contributed by atoms with E-state index in [-0.39, 0.29) is 12.2 Å². The lowest BCUT2D eigenvalue weighted by atomic mass is 10.0. The van der Waals surface area contributed by atoms with E-state index in [0.717, 1.165) is 12.1 Å². The molecule has 1 aliphatic heterocycles. The maximum Gasteiger partial charge on any atom is 0.309 e. The molecule has 102 valence electrons. The van der Waals surface area contributed by atoms with Gasteiger partial charge in [0, 0.05) is 24.8 Å². The van der Waals surface area contributed by atoms with Crippen LogP contribution in [0.15, 0.2) is 18.2 Å². The van der Waals surface area contributed by atoms with Crippen molar-refractivity contribution in [3.63, 3.8) is 0 Å². The number of carbonyl (C=O) groups excluding carboxylic acids is 1. The standard InChI is InChI=1S/C12H12F2N2O3/c13-8-1-9(14)3-10(2-8)15-11(17)6-16-4-7(5-16)12(18)19/h1-3,7H,4-6H2,(H,15,17)(H,18,19). The fourth-order valence-electron chi connectivity index (χ4n) is 1.88. The Labute approximate surface area is 107 Å². The van der Waals surface area contributed by atoms with Crippen LogP contribution in [0, 0.1) is 17.6 Å². The normalized spacial score (nSPS) is 15.9. The molecule has 1 aliphatic rings. The Morgan fingerprint density at radius 2 is 1.84 bits per heavy atom. The van der Waals surface area contributed by atoms with Gasteiger partial charge in [-0.2, -0.15) is 0 Å². The largest absolute Gasteiger partial charge is 0.481 e. The number of hydrogen-bond acceptors (Lipinski definition) is 3. The quantitative estimate of drug-likeness (QED) is 0.853. The molecule has 1 heterocycles. The number of hydrogen-bond donors (Lipinski definition) is 2. The second kappa shape index (κ2) is 5.31. The molecule has 1 amide bonds. The fraction of sp³-hybridized carbons (Fsp3) is 0.333. The summed E-state index contributed by atoms with van der Waals surface area (Å²) in [6.45, 7) is 0.614. The molecule has 1 aromatic rings. The van der Waals surface area contributed by atoms with Crippen molar-refractivity contribution in [2.75, 3.05) is 25.0 Å². The summed E-state index contributed by atoms with van der Waals surface area (Å²) in [7, 11) is 0. The van der Waals surface area contributed by atoms with Crippen molar-refractivity contribution in [2.45, 2.75) is 0 Å². The molecule has 0 aliphatic carbocycles. The van der Waals surface area contributed by atoms with Gasteiger partial charge in [-0.3, -0.25) is 14.5 Å². The number of likely N-dealkylation sites (tertiary alicyclic amines) is 1. The molecule has 7 heteroatoms. The number of rotatable bonds is 4. The molecule has 19 heavy (non-hydrogen) atoms. The molecule has 2 N–H and O–H groups in total. The zero-order chi connectivity index (χ0) is 14.0. The van der Waals surface area contributed by atoms with Crippen LogP contribution in [0.25, 0.3) is 0 Å². The second-order valence-electron chi connectivity index (χ2n) is 4.44. The van der Waals surface area contributed by atoms with Gasteiger partial charge in [0.15, 0.2) is 0 Å². The van der Waals surface area contributed by atoms with E-state index in [4.69, 9.17) is 5.11 Å². The Balaban J connectivity index is 1.83. The van der Waals surface area contributed by atoms with Crippen LogP contribution in [0.2, 0.25) is 0 Å². The molecule has 1 aromatic carbocycles. The summed E-state index contributed by atoms with van der Waals surface area (Å²) in [4.78, 5) is 23.8. The first-order valence-electron chi connectivity index (χ1n) is 5.65. The van der Waals surface area contributed by atoms with E-state index in [9.17, 15) is 18.4 Å². The summed E-state index contributed by atoms with van der Waals surface area (Å²) in [5.41, 5.74) is 0.0396. The van der Waals surface area contributed by atoms with Crippen LogP contribution in [-0.4, -0.2) is 41.5 Å². The number of nitrogens with zero attached hydrogens (tertiary/aromatic N) is 1. The fourth-order valence-corrected chi connectivity index (χ4v) is 1.88. The van der Waals surface area contributed by atoms with Crippen molar-refractivity contribution in [3.8, 4) is 0 Å². The third-order valence-corrected chi connectivity index (χ3v) is 2.82. The summed E-state index contributed by atoms with van der Waals surface area (Å²) >= 11 is 0. The van der Waals surface area contributed by atoms with Gasteiger partial charge in [0.1, 0.15) is 11.6 Å². The summed E-state index contributed by atoms with van der Waals surface area (Å²) in [6, 6.07) is 2.73. The molecule has 0 atom stereocenters. The molecule has 0 unspecified atom stereocenters. The third-order valence-electron chi connectivity index (χ3n) is 2.82. The minimum atomic E-state index is -0.885. The predicted octanol–water partition coefficient (Wildman–Crippen LogP) is 0.920. The summed E-state index contributed by atoms with van der Waals surface area (Å²) in [5, 5.41) is 11.0. The van der Waals surface area contributed by atoms with Gasteiger partial charge in [-0.05, 0) is 12.1 Å². The van der Waals surface area contributed by atoms with Crippen LogP contribution in [-0.2, 0) is 9.59 Å². The molecule has 1 saturated heterocycles. The predicted molar refractivity (Wildman–Crippen MR) is 62.6 cm³/mol. The number of aliphatic carboxylic acids is 1. The number of carboxylic acid groups (broad SMARTS) is 1. The summed E-state index contributed by atoms with van der Waals surface area (Å²) in [6.07, 6.45) is 0. The first kappa shape index (κ1) is 13.4. The van der Waals surface area contributed by atoms with Gasteiger partial charge in [0.05, 0.1) is 12.5 Å². The third kappa shape index (κ3) is 3.47. The number of benzene rings is 1. The first-order chi connectivity index (χ1) is 8.94. The summed E-state index contributed by atoms with van der Waals surface area (Å²) < 4.78 is 25.8. The van der Waals surface area contributed by atoms with Gasteiger partial charge < -0.3 is 10.4 Å². The Morgan fingerprint density at radius 1 is 1.26 bits per heavy atom. The minimum Gasteiger partial charge on any atom is -0.481 e. The molecule has 0 spiro atoms. The number of amides is 1. The Hall–Kier alpha value is -2.02. The van der Waals surface area contributed by atoms with E-state index in [1.54, 1.807) is 4.90 Å². The first-order valence-corrected chi connectivity index (χ1v) is 5.65. The molecule has 0 bridgehead atoms. The van der Waals surface area contributed by atoms with Gasteiger partial charge in [-0.15, -0.1) is 0 Å². The van der Waals surface area contributed by atoms with Crippen LogP contribution in [0.4, 0.5) is 14.5 Å². The number of carboxylic acids is 1. The van der Waals surface area contributed by atoms with E-state index >= 15 is 0 Å². The van der Waals surface area contributed by atoms with Crippen LogP contribution in [0.3, 0.4) is 0 Å². The van der Waals surface area contributed by atoms with Gasteiger partial charge in [0.2, 0.25) is 5.91 Å². The van der Waals surface area contributed by atoms with E-state index < -0.39 is 29.4 Å². The van der Waals surface area contributed by atoms with E-state index in [2.05, 4.69) is 5.32 Å². The molecule has 0 radical (unpaired) electrons. The zero-order valence-electron chi connectivity index (χ0n) is 9.90. The highest BCUT2D eigenvalue weighted by molar-refractivity contribution is 5.92. The Morgan fingerprint density at radius 3 is 2.37 bits per heavy atom. The molecule has 2 rings (SSSR count). The number of carbonyl (C=O) groups is 2. The summed E-state index contributed by atoms with van der Waals surface area (Å²) in [5.74, 6) is -3.31. The van der Waals surface area contributed by atoms with Gasteiger partial charge >= 0.3 is 5.97 Å². The minimum absolute atomic E-state index is 0.00190. The van der Waals surface area contributed by atoms with Gasteiger partial charge in [-0.1, -0.05) is 0 Å². The molecule has 1 fully saturated rings. The maximum absolute atomic E-state index is 12.9. The Bertz CT molecular complexity index is 495. The second-order valence-corrected chi connectivity index (χ2v) is 4.44. The topological polar surface area (TPSA) is 69.6 Å². The highest BCUT2D eigenvalue weighted by atomic mass is 19.1. The maximum atomic E-state index is 12.9. The smallest absolute Gasteiger partial charge is 0.309 e. The molecule has 0 saturated carbocycles. The van der Waals surface area contributed by atoms with E-state index in [1.807, 2.05) is 0 Å². The molecule has 5 nitrogen and oxygen atoms in total. The van der Waals surface area contributed by atoms with Crippen LogP contribution >= 0.6 is 0 Å². The zero-order valence-corrected chi connectivity index (χ0v) is 9.90. The molecular weight excluding hydrogens is 258 g/mol. The average molecular weight is 270 g/mol.